The molecule has 0 radical (unpaired) electrons. The zero-order chi connectivity index (χ0) is 11.1. The van der Waals surface area contributed by atoms with Crippen molar-refractivity contribution >= 4 is 0 Å². The first-order valence-electron chi connectivity index (χ1n) is 5.42. The lowest BCUT2D eigenvalue weighted by atomic mass is 10.1. The van der Waals surface area contributed by atoms with Crippen LogP contribution in [0, 0.1) is 18.3 Å². The Morgan fingerprint density at radius 1 is 1.33 bits per heavy atom. The Kier molecular flexibility index (Phi) is 4.70. The molecule has 0 saturated carbocycles. The first kappa shape index (κ1) is 11.6. The third kappa shape index (κ3) is 3.28. The fourth-order valence-electron chi connectivity index (χ4n) is 1.46. The van der Waals surface area contributed by atoms with E-state index >= 15 is 0 Å². The highest BCUT2D eigenvalue weighted by Crippen LogP contribution is 2.22. The van der Waals surface area contributed by atoms with Crippen LogP contribution >= 0.6 is 0 Å². The van der Waals surface area contributed by atoms with Gasteiger partial charge in [-0.05, 0) is 25.0 Å². The van der Waals surface area contributed by atoms with Gasteiger partial charge in [0.15, 0.2) is 0 Å². The van der Waals surface area contributed by atoms with Gasteiger partial charge in [-0.1, -0.05) is 31.9 Å². The maximum absolute atomic E-state index is 8.92. The summed E-state index contributed by atoms with van der Waals surface area (Å²) in [7, 11) is 0. The predicted octanol–water partition coefficient (Wildman–Crippen LogP) is 3.44. The number of nitriles is 1. The van der Waals surface area contributed by atoms with Gasteiger partial charge in [-0.15, -0.1) is 0 Å². The summed E-state index contributed by atoms with van der Waals surface area (Å²) in [6.07, 6.45) is 3.41. The van der Waals surface area contributed by atoms with Crippen LogP contribution in [0.1, 0.15) is 37.3 Å². The molecule has 2 heteroatoms. The van der Waals surface area contributed by atoms with Crippen molar-refractivity contribution in [3.05, 3.63) is 29.3 Å². The second-order valence-corrected chi connectivity index (χ2v) is 3.62. The van der Waals surface area contributed by atoms with Gasteiger partial charge in [0.2, 0.25) is 0 Å². The van der Waals surface area contributed by atoms with E-state index < -0.39 is 0 Å². The molecule has 0 unspecified atom stereocenters. The van der Waals surface area contributed by atoms with Gasteiger partial charge < -0.3 is 4.74 Å². The number of aryl methyl sites for hydroxylation is 1. The van der Waals surface area contributed by atoms with E-state index in [0.29, 0.717) is 12.2 Å². The molecule has 0 fully saturated rings. The van der Waals surface area contributed by atoms with Crippen molar-refractivity contribution in [2.24, 2.45) is 0 Å². The molecule has 0 spiro atoms. The number of nitrogens with zero attached hydrogens (tertiary/aromatic N) is 1. The molecule has 0 saturated heterocycles. The summed E-state index contributed by atoms with van der Waals surface area (Å²) < 4.78 is 5.64. The van der Waals surface area contributed by atoms with Crippen molar-refractivity contribution in [1.29, 1.82) is 5.26 Å². The highest BCUT2D eigenvalue weighted by Gasteiger charge is 2.05. The van der Waals surface area contributed by atoms with Crippen LogP contribution < -0.4 is 4.74 Å². The lowest BCUT2D eigenvalue weighted by Gasteiger charge is -2.09. The van der Waals surface area contributed by atoms with Crippen molar-refractivity contribution in [1.82, 2.24) is 0 Å². The zero-order valence-corrected chi connectivity index (χ0v) is 9.42. The highest BCUT2D eigenvalue weighted by molar-refractivity contribution is 5.47. The average molecular weight is 203 g/mol. The van der Waals surface area contributed by atoms with E-state index in [0.717, 1.165) is 17.7 Å². The van der Waals surface area contributed by atoms with Gasteiger partial charge in [-0.3, -0.25) is 0 Å². The van der Waals surface area contributed by atoms with Crippen molar-refractivity contribution in [3.8, 4) is 11.8 Å². The van der Waals surface area contributed by atoms with Gasteiger partial charge in [-0.2, -0.15) is 5.26 Å². The molecule has 0 bridgehead atoms. The second kappa shape index (κ2) is 6.08. The number of hydrogen-bond donors (Lipinski definition) is 0. The molecule has 1 aromatic carbocycles. The average Bonchev–Trinajstić information content (AvgIpc) is 2.26. The molecule has 80 valence electrons. The maximum Gasteiger partial charge on any atom is 0.139 e. The number of hydrogen-bond acceptors (Lipinski definition) is 2. The van der Waals surface area contributed by atoms with Gasteiger partial charge >= 0.3 is 0 Å². The molecule has 1 aromatic rings. The molecule has 0 amide bonds. The number of unbranched alkanes of at least 4 members (excludes halogenated alkanes) is 2. The van der Waals surface area contributed by atoms with E-state index in [1.807, 2.05) is 19.1 Å². The van der Waals surface area contributed by atoms with Crippen molar-refractivity contribution in [2.45, 2.75) is 33.1 Å². The Hall–Kier alpha value is -1.49. The monoisotopic (exact) mass is 203 g/mol. The lowest BCUT2D eigenvalue weighted by Crippen LogP contribution is -2.00. The number of benzene rings is 1. The topological polar surface area (TPSA) is 33.0 Å². The summed E-state index contributed by atoms with van der Waals surface area (Å²) in [4.78, 5) is 0. The van der Waals surface area contributed by atoms with Gasteiger partial charge in [0.05, 0.1) is 12.2 Å². The fraction of sp³-hybridized carbons (Fsp3) is 0.462. The Balaban J connectivity index is 2.63. The summed E-state index contributed by atoms with van der Waals surface area (Å²) in [6.45, 7) is 4.83. The summed E-state index contributed by atoms with van der Waals surface area (Å²) >= 11 is 0. The van der Waals surface area contributed by atoms with E-state index in [1.54, 1.807) is 6.07 Å². The van der Waals surface area contributed by atoms with Gasteiger partial charge in [0.25, 0.3) is 0 Å². The van der Waals surface area contributed by atoms with Crippen molar-refractivity contribution < 1.29 is 4.74 Å². The fourth-order valence-corrected chi connectivity index (χ4v) is 1.46. The third-order valence-corrected chi connectivity index (χ3v) is 2.33. The van der Waals surface area contributed by atoms with Crippen LogP contribution in [0.25, 0.3) is 0 Å². The standard InChI is InChI=1S/C13H17NO/c1-3-4-5-9-15-13-11(2)7-6-8-12(13)10-14/h6-8H,3-5,9H2,1-2H3. The van der Waals surface area contributed by atoms with Crippen LogP contribution in [0.3, 0.4) is 0 Å². The van der Waals surface area contributed by atoms with Crippen molar-refractivity contribution in [3.63, 3.8) is 0 Å². The molecule has 0 aliphatic rings. The molecule has 0 atom stereocenters. The van der Waals surface area contributed by atoms with Crippen LogP contribution in [-0.2, 0) is 0 Å². The Bertz CT molecular complexity index is 352. The SMILES string of the molecule is CCCCCOc1c(C)cccc1C#N. The van der Waals surface area contributed by atoms with E-state index in [2.05, 4.69) is 13.0 Å². The molecule has 0 aliphatic carbocycles. The van der Waals surface area contributed by atoms with Gasteiger partial charge in [0.1, 0.15) is 11.8 Å². The molecule has 15 heavy (non-hydrogen) atoms. The summed E-state index contributed by atoms with van der Waals surface area (Å²) in [5, 5.41) is 8.92. The minimum absolute atomic E-state index is 0.631. The second-order valence-electron chi connectivity index (χ2n) is 3.62. The molecule has 0 N–H and O–H groups in total. The molecular formula is C13H17NO. The highest BCUT2D eigenvalue weighted by atomic mass is 16.5. The molecule has 0 aliphatic heterocycles. The molecular weight excluding hydrogens is 186 g/mol. The van der Waals surface area contributed by atoms with E-state index in [-0.39, 0.29) is 0 Å². The van der Waals surface area contributed by atoms with E-state index in [9.17, 15) is 0 Å². The normalized spacial score (nSPS) is 9.67. The minimum Gasteiger partial charge on any atom is -0.492 e. The van der Waals surface area contributed by atoms with E-state index in [1.165, 1.54) is 12.8 Å². The number of para-hydroxylation sites is 1. The van der Waals surface area contributed by atoms with Gasteiger partial charge in [0, 0.05) is 0 Å². The molecule has 1 rings (SSSR count). The van der Waals surface area contributed by atoms with E-state index in [4.69, 9.17) is 10.00 Å². The Morgan fingerprint density at radius 2 is 2.13 bits per heavy atom. The molecule has 2 nitrogen and oxygen atoms in total. The first-order chi connectivity index (χ1) is 7.29. The van der Waals surface area contributed by atoms with Gasteiger partial charge in [-0.25, -0.2) is 0 Å². The number of rotatable bonds is 5. The molecule has 0 aromatic heterocycles. The summed E-state index contributed by atoms with van der Waals surface area (Å²) in [5.41, 5.74) is 1.66. The lowest BCUT2D eigenvalue weighted by molar-refractivity contribution is 0.303. The van der Waals surface area contributed by atoms with Crippen LogP contribution in [0.5, 0.6) is 5.75 Å². The quantitative estimate of drug-likeness (QED) is 0.687. The van der Waals surface area contributed by atoms with Crippen LogP contribution in [0.15, 0.2) is 18.2 Å². The summed E-state index contributed by atoms with van der Waals surface area (Å²) in [5.74, 6) is 0.746. The zero-order valence-electron chi connectivity index (χ0n) is 9.42. The van der Waals surface area contributed by atoms with Crippen LogP contribution in [0.2, 0.25) is 0 Å². The minimum atomic E-state index is 0.631. The first-order valence-corrected chi connectivity index (χ1v) is 5.42. The smallest absolute Gasteiger partial charge is 0.139 e. The summed E-state index contributed by atoms with van der Waals surface area (Å²) in [6, 6.07) is 7.80. The largest absolute Gasteiger partial charge is 0.492 e. The predicted molar refractivity (Wildman–Crippen MR) is 60.9 cm³/mol. The molecule has 0 heterocycles. The number of ether oxygens (including phenoxy) is 1. The van der Waals surface area contributed by atoms with Crippen LogP contribution in [-0.4, -0.2) is 6.61 Å². The Labute approximate surface area is 91.5 Å². The maximum atomic E-state index is 8.92. The van der Waals surface area contributed by atoms with Crippen LogP contribution in [0.4, 0.5) is 0 Å². The van der Waals surface area contributed by atoms with Crippen molar-refractivity contribution in [2.75, 3.05) is 6.61 Å². The third-order valence-electron chi connectivity index (χ3n) is 2.33. The Morgan fingerprint density at radius 3 is 2.80 bits per heavy atom.